The molecule has 0 unspecified atom stereocenters. The first kappa shape index (κ1) is 16.2. The van der Waals surface area contributed by atoms with Gasteiger partial charge < -0.3 is 15.6 Å². The maximum Gasteiger partial charge on any atom is 0.165 e. The van der Waals surface area contributed by atoms with Gasteiger partial charge in [0.25, 0.3) is 0 Å². The summed E-state index contributed by atoms with van der Waals surface area (Å²) in [5, 5.41) is 9.24. The summed E-state index contributed by atoms with van der Waals surface area (Å²) in [7, 11) is 1.40. The minimum Gasteiger partial charge on any atom is -0.493 e. The molecule has 98 valence electrons. The number of ether oxygens (including phenoxy) is 1. The molecular weight excluding hydrogens is 245 g/mol. The van der Waals surface area contributed by atoms with E-state index in [9.17, 15) is 9.50 Å². The van der Waals surface area contributed by atoms with Gasteiger partial charge in [0.15, 0.2) is 11.6 Å². The van der Waals surface area contributed by atoms with E-state index in [4.69, 9.17) is 10.5 Å². The Bertz CT molecular complexity index is 372. The lowest BCUT2D eigenvalue weighted by atomic mass is 9.81. The molecule has 0 fully saturated rings. The van der Waals surface area contributed by atoms with Crippen molar-refractivity contribution in [1.82, 2.24) is 0 Å². The van der Waals surface area contributed by atoms with Gasteiger partial charge in [0.2, 0.25) is 0 Å². The van der Waals surface area contributed by atoms with Gasteiger partial charge in [0.05, 0.1) is 7.11 Å². The number of hydrogen-bond donors (Lipinski definition) is 2. The molecule has 0 heterocycles. The third-order valence-electron chi connectivity index (χ3n) is 2.79. The molecule has 0 aromatic heterocycles. The molecule has 1 aromatic carbocycles. The van der Waals surface area contributed by atoms with Crippen LogP contribution in [0.1, 0.15) is 25.5 Å². The van der Waals surface area contributed by atoms with Crippen LogP contribution in [0.2, 0.25) is 0 Å². The van der Waals surface area contributed by atoms with Gasteiger partial charge in [-0.25, -0.2) is 4.39 Å². The van der Waals surface area contributed by atoms with Crippen LogP contribution in [0.3, 0.4) is 0 Å². The number of rotatable bonds is 4. The van der Waals surface area contributed by atoms with Crippen LogP contribution >= 0.6 is 12.4 Å². The van der Waals surface area contributed by atoms with Crippen LogP contribution in [-0.2, 0) is 0 Å². The molecule has 1 atom stereocenters. The van der Waals surface area contributed by atoms with E-state index < -0.39 is 17.3 Å². The number of nitrogens with two attached hydrogens (primary N) is 1. The molecule has 1 rings (SSSR count). The molecule has 0 aliphatic heterocycles. The highest BCUT2D eigenvalue weighted by Crippen LogP contribution is 2.36. The summed E-state index contributed by atoms with van der Waals surface area (Å²) in [4.78, 5) is 0. The summed E-state index contributed by atoms with van der Waals surface area (Å²) in [6.45, 7) is 3.57. The number of aliphatic hydroxyl groups excluding tert-OH is 1. The second kappa shape index (κ2) is 6.19. The van der Waals surface area contributed by atoms with E-state index in [0.29, 0.717) is 5.56 Å². The van der Waals surface area contributed by atoms with Gasteiger partial charge in [-0.05, 0) is 6.07 Å². The lowest BCUT2D eigenvalue weighted by Gasteiger charge is -2.30. The lowest BCUT2D eigenvalue weighted by Crippen LogP contribution is -2.32. The third kappa shape index (κ3) is 3.31. The number of para-hydroxylation sites is 1. The molecule has 0 radical (unpaired) electrons. The molecule has 0 saturated carbocycles. The van der Waals surface area contributed by atoms with E-state index in [1.807, 2.05) is 13.8 Å². The predicted octanol–water partition coefficient (Wildman–Crippen LogP) is 2.27. The van der Waals surface area contributed by atoms with Crippen LogP contribution < -0.4 is 10.5 Å². The first-order valence-corrected chi connectivity index (χ1v) is 5.13. The largest absolute Gasteiger partial charge is 0.493 e. The maximum atomic E-state index is 13.5. The molecular formula is C12H19ClFNO2. The predicted molar refractivity (Wildman–Crippen MR) is 68.0 cm³/mol. The quantitative estimate of drug-likeness (QED) is 0.876. The van der Waals surface area contributed by atoms with E-state index >= 15 is 0 Å². The first-order chi connectivity index (χ1) is 7.44. The minimum absolute atomic E-state index is 0. The van der Waals surface area contributed by atoms with Crippen molar-refractivity contribution < 1.29 is 14.2 Å². The number of benzene rings is 1. The highest BCUT2D eigenvalue weighted by atomic mass is 35.5. The summed E-state index contributed by atoms with van der Waals surface area (Å²) in [5.74, 6) is -0.291. The van der Waals surface area contributed by atoms with Gasteiger partial charge in [0, 0.05) is 23.6 Å². The van der Waals surface area contributed by atoms with Crippen molar-refractivity contribution in [1.29, 1.82) is 0 Å². The topological polar surface area (TPSA) is 55.5 Å². The molecule has 0 spiro atoms. The van der Waals surface area contributed by atoms with Gasteiger partial charge in [-0.3, -0.25) is 0 Å². The average molecular weight is 264 g/mol. The van der Waals surface area contributed by atoms with Crippen LogP contribution in [0.5, 0.6) is 5.75 Å². The van der Waals surface area contributed by atoms with Gasteiger partial charge in [-0.15, -0.1) is 12.4 Å². The zero-order valence-electron chi connectivity index (χ0n) is 10.2. The van der Waals surface area contributed by atoms with Crippen molar-refractivity contribution in [2.75, 3.05) is 13.7 Å². The van der Waals surface area contributed by atoms with Gasteiger partial charge in [0.1, 0.15) is 0 Å². The molecule has 0 saturated heterocycles. The molecule has 0 amide bonds. The zero-order chi connectivity index (χ0) is 12.3. The van der Waals surface area contributed by atoms with Gasteiger partial charge in [-0.2, -0.15) is 0 Å². The molecule has 3 N–H and O–H groups in total. The van der Waals surface area contributed by atoms with Crippen molar-refractivity contribution in [3.05, 3.63) is 29.6 Å². The normalized spacial score (nSPS) is 12.8. The highest BCUT2D eigenvalue weighted by Gasteiger charge is 2.29. The van der Waals surface area contributed by atoms with Crippen LogP contribution in [0.15, 0.2) is 18.2 Å². The summed E-state index contributed by atoms with van der Waals surface area (Å²) >= 11 is 0. The Hall–Kier alpha value is -0.840. The summed E-state index contributed by atoms with van der Waals surface area (Å²) < 4.78 is 18.5. The lowest BCUT2D eigenvalue weighted by molar-refractivity contribution is 0.131. The van der Waals surface area contributed by atoms with Crippen LogP contribution in [0.25, 0.3) is 0 Å². The molecule has 17 heavy (non-hydrogen) atoms. The Balaban J connectivity index is 0.00000256. The highest BCUT2D eigenvalue weighted by molar-refractivity contribution is 5.85. The molecule has 0 aliphatic carbocycles. The monoisotopic (exact) mass is 263 g/mol. The fourth-order valence-corrected chi connectivity index (χ4v) is 1.51. The number of methoxy groups -OCH3 is 1. The second-order valence-corrected chi connectivity index (χ2v) is 4.49. The van der Waals surface area contributed by atoms with Crippen molar-refractivity contribution in [2.24, 2.45) is 11.1 Å². The Kier molecular flexibility index (Phi) is 5.88. The van der Waals surface area contributed by atoms with E-state index in [2.05, 4.69) is 0 Å². The molecule has 5 heteroatoms. The van der Waals surface area contributed by atoms with Crippen molar-refractivity contribution in [3.8, 4) is 5.75 Å². The smallest absolute Gasteiger partial charge is 0.165 e. The van der Waals surface area contributed by atoms with Crippen molar-refractivity contribution in [2.45, 2.75) is 19.9 Å². The average Bonchev–Trinajstić information content (AvgIpc) is 2.27. The van der Waals surface area contributed by atoms with Crippen LogP contribution in [0, 0.1) is 11.2 Å². The fourth-order valence-electron chi connectivity index (χ4n) is 1.51. The standard InChI is InChI=1S/C12H18FNO2.ClH/c1-12(2,7-15)11(14)8-5-4-6-9(13)10(8)16-3;/h4-6,11,15H,7,14H2,1-3H3;1H/t11-;/m1./s1. The van der Waals surface area contributed by atoms with Crippen LogP contribution in [-0.4, -0.2) is 18.8 Å². The third-order valence-corrected chi connectivity index (χ3v) is 2.79. The van der Waals surface area contributed by atoms with E-state index in [0.717, 1.165) is 0 Å². The maximum absolute atomic E-state index is 13.5. The molecule has 0 aliphatic rings. The second-order valence-electron chi connectivity index (χ2n) is 4.49. The minimum atomic E-state index is -0.527. The molecule has 0 bridgehead atoms. The molecule has 3 nitrogen and oxygen atoms in total. The number of halogens is 2. The van der Waals surface area contributed by atoms with E-state index in [1.165, 1.54) is 13.2 Å². The van der Waals surface area contributed by atoms with Crippen LogP contribution in [0.4, 0.5) is 4.39 Å². The van der Waals surface area contributed by atoms with E-state index in [1.54, 1.807) is 12.1 Å². The summed E-state index contributed by atoms with van der Waals surface area (Å²) in [6.07, 6.45) is 0. The van der Waals surface area contributed by atoms with E-state index in [-0.39, 0.29) is 24.8 Å². The zero-order valence-corrected chi connectivity index (χ0v) is 11.1. The Morgan fingerprint density at radius 3 is 2.53 bits per heavy atom. The number of aliphatic hydroxyl groups is 1. The van der Waals surface area contributed by atoms with Gasteiger partial charge >= 0.3 is 0 Å². The Morgan fingerprint density at radius 2 is 2.06 bits per heavy atom. The number of hydrogen-bond acceptors (Lipinski definition) is 3. The SMILES string of the molecule is COc1c(F)cccc1[C@@H](N)C(C)(C)CO.Cl. The summed E-state index contributed by atoms with van der Waals surface area (Å²) in [6, 6.07) is 4.13. The molecule has 1 aromatic rings. The van der Waals surface area contributed by atoms with Crippen molar-refractivity contribution in [3.63, 3.8) is 0 Å². The Morgan fingerprint density at radius 1 is 1.47 bits per heavy atom. The fraction of sp³-hybridized carbons (Fsp3) is 0.500. The van der Waals surface area contributed by atoms with Crippen molar-refractivity contribution >= 4 is 12.4 Å². The summed E-state index contributed by atoms with van der Waals surface area (Å²) in [5.41, 5.74) is 6.07. The van der Waals surface area contributed by atoms with Gasteiger partial charge in [-0.1, -0.05) is 26.0 Å². The first-order valence-electron chi connectivity index (χ1n) is 5.13. The Labute approximate surface area is 107 Å².